The van der Waals surface area contributed by atoms with E-state index in [9.17, 15) is 13.2 Å². The van der Waals surface area contributed by atoms with Crippen molar-refractivity contribution in [1.82, 2.24) is 0 Å². The molecule has 0 aromatic heterocycles. The van der Waals surface area contributed by atoms with Gasteiger partial charge in [0.25, 0.3) is 0 Å². The fraction of sp³-hybridized carbons (Fsp3) is 0.200. The molecule has 0 spiro atoms. The molecule has 0 atom stereocenters. The lowest BCUT2D eigenvalue weighted by Gasteiger charge is -2.11. The minimum atomic E-state index is -4.39. The molecule has 0 aliphatic rings. The zero-order chi connectivity index (χ0) is 15.5. The molecule has 0 unspecified atom stereocenters. The Morgan fingerprint density at radius 1 is 1.10 bits per heavy atom. The summed E-state index contributed by atoms with van der Waals surface area (Å²) in [6.45, 7) is 0.458. The van der Waals surface area contributed by atoms with E-state index in [-0.39, 0.29) is 12.4 Å². The Morgan fingerprint density at radius 2 is 1.86 bits per heavy atom. The standard InChI is InChI=1S/C15H13ClF3NO/c16-14-6-10(8-20)4-5-11(14)9-21-13-3-1-2-12(7-13)15(17,18)19/h1-7H,8-9,20H2. The van der Waals surface area contributed by atoms with E-state index < -0.39 is 11.7 Å². The molecule has 0 fully saturated rings. The number of ether oxygens (including phenoxy) is 1. The topological polar surface area (TPSA) is 35.2 Å². The summed E-state index contributed by atoms with van der Waals surface area (Å²) in [4.78, 5) is 0. The lowest BCUT2D eigenvalue weighted by Crippen LogP contribution is -2.05. The maximum Gasteiger partial charge on any atom is 0.416 e. The quantitative estimate of drug-likeness (QED) is 0.907. The number of alkyl halides is 3. The van der Waals surface area contributed by atoms with Gasteiger partial charge < -0.3 is 10.5 Å². The molecule has 0 saturated heterocycles. The summed E-state index contributed by atoms with van der Waals surface area (Å²) in [6.07, 6.45) is -4.39. The Hall–Kier alpha value is -1.72. The minimum Gasteiger partial charge on any atom is -0.489 e. The van der Waals surface area contributed by atoms with E-state index in [0.717, 1.165) is 17.7 Å². The number of hydrogen-bond acceptors (Lipinski definition) is 2. The number of hydrogen-bond donors (Lipinski definition) is 1. The van der Waals surface area contributed by atoms with Crippen LogP contribution < -0.4 is 10.5 Å². The molecular weight excluding hydrogens is 303 g/mol. The van der Waals surface area contributed by atoms with Crippen molar-refractivity contribution in [2.45, 2.75) is 19.3 Å². The first-order chi connectivity index (χ1) is 9.90. The van der Waals surface area contributed by atoms with Crippen LogP contribution in [-0.4, -0.2) is 0 Å². The van der Waals surface area contributed by atoms with Crippen LogP contribution in [0.25, 0.3) is 0 Å². The number of nitrogens with two attached hydrogens (primary N) is 1. The van der Waals surface area contributed by atoms with Gasteiger partial charge in [0.05, 0.1) is 5.56 Å². The molecule has 0 bridgehead atoms. The van der Waals surface area contributed by atoms with Crippen molar-refractivity contribution in [3.63, 3.8) is 0 Å². The number of rotatable bonds is 4. The van der Waals surface area contributed by atoms with Crippen LogP contribution >= 0.6 is 11.6 Å². The van der Waals surface area contributed by atoms with Crippen molar-refractivity contribution in [2.75, 3.05) is 0 Å². The molecule has 0 aliphatic carbocycles. The van der Waals surface area contributed by atoms with E-state index in [4.69, 9.17) is 22.1 Å². The molecule has 2 aromatic carbocycles. The van der Waals surface area contributed by atoms with Gasteiger partial charge in [0, 0.05) is 17.1 Å². The van der Waals surface area contributed by atoms with Gasteiger partial charge in [-0.1, -0.05) is 29.8 Å². The molecule has 2 aromatic rings. The zero-order valence-corrected chi connectivity index (χ0v) is 11.7. The molecule has 2 nitrogen and oxygen atoms in total. The predicted molar refractivity (Wildman–Crippen MR) is 75.1 cm³/mol. The maximum atomic E-state index is 12.6. The van der Waals surface area contributed by atoms with Crippen LogP contribution in [0.3, 0.4) is 0 Å². The Bertz CT molecular complexity index is 629. The van der Waals surface area contributed by atoms with Crippen molar-refractivity contribution in [3.8, 4) is 5.75 Å². The highest BCUT2D eigenvalue weighted by Crippen LogP contribution is 2.31. The average molecular weight is 316 g/mol. The Balaban J connectivity index is 2.10. The normalized spacial score (nSPS) is 11.5. The SMILES string of the molecule is NCc1ccc(COc2cccc(C(F)(F)F)c2)c(Cl)c1. The van der Waals surface area contributed by atoms with Crippen LogP contribution in [0.15, 0.2) is 42.5 Å². The monoisotopic (exact) mass is 315 g/mol. The number of benzene rings is 2. The van der Waals surface area contributed by atoms with Gasteiger partial charge >= 0.3 is 6.18 Å². The van der Waals surface area contributed by atoms with Gasteiger partial charge in [-0.25, -0.2) is 0 Å². The van der Waals surface area contributed by atoms with E-state index in [1.54, 1.807) is 18.2 Å². The summed E-state index contributed by atoms with van der Waals surface area (Å²) in [6, 6.07) is 9.99. The summed E-state index contributed by atoms with van der Waals surface area (Å²) >= 11 is 6.06. The molecule has 21 heavy (non-hydrogen) atoms. The van der Waals surface area contributed by atoms with E-state index >= 15 is 0 Å². The van der Waals surface area contributed by atoms with Gasteiger partial charge in [0.1, 0.15) is 12.4 Å². The lowest BCUT2D eigenvalue weighted by atomic mass is 10.1. The molecular formula is C15H13ClF3NO. The summed E-state index contributed by atoms with van der Waals surface area (Å²) in [5.74, 6) is 0.142. The fourth-order valence-electron chi connectivity index (χ4n) is 1.76. The maximum absolute atomic E-state index is 12.6. The van der Waals surface area contributed by atoms with Gasteiger partial charge in [-0.15, -0.1) is 0 Å². The van der Waals surface area contributed by atoms with Crippen molar-refractivity contribution >= 4 is 11.6 Å². The van der Waals surface area contributed by atoms with E-state index in [1.807, 2.05) is 0 Å². The summed E-state index contributed by atoms with van der Waals surface area (Å²) in [7, 11) is 0. The van der Waals surface area contributed by atoms with Crippen LogP contribution in [-0.2, 0) is 19.3 Å². The van der Waals surface area contributed by atoms with Gasteiger partial charge in [0.2, 0.25) is 0 Å². The molecule has 0 amide bonds. The largest absolute Gasteiger partial charge is 0.489 e. The molecule has 6 heteroatoms. The van der Waals surface area contributed by atoms with Crippen LogP contribution in [0.5, 0.6) is 5.75 Å². The van der Waals surface area contributed by atoms with E-state index in [1.165, 1.54) is 12.1 Å². The third kappa shape index (κ3) is 4.12. The molecule has 0 saturated carbocycles. The molecule has 2 rings (SSSR count). The van der Waals surface area contributed by atoms with Crippen molar-refractivity contribution in [3.05, 3.63) is 64.2 Å². The smallest absolute Gasteiger partial charge is 0.416 e. The van der Waals surface area contributed by atoms with Gasteiger partial charge in [-0.2, -0.15) is 13.2 Å². The second-order valence-corrected chi connectivity index (χ2v) is 4.85. The average Bonchev–Trinajstić information content (AvgIpc) is 2.45. The van der Waals surface area contributed by atoms with Gasteiger partial charge in [-0.05, 0) is 29.8 Å². The third-order valence-electron chi connectivity index (χ3n) is 2.91. The molecule has 0 radical (unpaired) electrons. The predicted octanol–water partition coefficient (Wildman–Crippen LogP) is 4.40. The first-order valence-corrected chi connectivity index (χ1v) is 6.55. The third-order valence-corrected chi connectivity index (χ3v) is 3.26. The summed E-state index contributed by atoms with van der Waals surface area (Å²) in [5.41, 5.74) is 6.31. The first kappa shape index (κ1) is 15.7. The molecule has 0 heterocycles. The second kappa shape index (κ2) is 6.37. The summed E-state index contributed by atoms with van der Waals surface area (Å²) in [5, 5.41) is 0.477. The molecule has 112 valence electrons. The summed E-state index contributed by atoms with van der Waals surface area (Å²) < 4.78 is 43.1. The van der Waals surface area contributed by atoms with E-state index in [2.05, 4.69) is 0 Å². The van der Waals surface area contributed by atoms with Crippen molar-refractivity contribution < 1.29 is 17.9 Å². The van der Waals surface area contributed by atoms with E-state index in [0.29, 0.717) is 17.1 Å². The van der Waals surface area contributed by atoms with Crippen LogP contribution in [0, 0.1) is 0 Å². The van der Waals surface area contributed by atoms with Crippen molar-refractivity contribution in [1.29, 1.82) is 0 Å². The van der Waals surface area contributed by atoms with Crippen LogP contribution in [0.4, 0.5) is 13.2 Å². The first-order valence-electron chi connectivity index (χ1n) is 6.17. The van der Waals surface area contributed by atoms with Gasteiger partial charge in [-0.3, -0.25) is 0 Å². The lowest BCUT2D eigenvalue weighted by molar-refractivity contribution is -0.137. The molecule has 0 aliphatic heterocycles. The highest BCUT2D eigenvalue weighted by molar-refractivity contribution is 6.31. The van der Waals surface area contributed by atoms with Crippen LogP contribution in [0.2, 0.25) is 5.02 Å². The Labute approximate surface area is 125 Å². The number of halogens is 4. The van der Waals surface area contributed by atoms with Crippen LogP contribution in [0.1, 0.15) is 16.7 Å². The Kier molecular flexibility index (Phi) is 4.75. The fourth-order valence-corrected chi connectivity index (χ4v) is 2.02. The van der Waals surface area contributed by atoms with Gasteiger partial charge in [0.15, 0.2) is 0 Å². The Morgan fingerprint density at radius 3 is 2.48 bits per heavy atom. The van der Waals surface area contributed by atoms with Crippen molar-refractivity contribution in [2.24, 2.45) is 5.73 Å². The second-order valence-electron chi connectivity index (χ2n) is 4.44. The minimum absolute atomic E-state index is 0.0883. The highest BCUT2D eigenvalue weighted by Gasteiger charge is 2.30. The molecule has 2 N–H and O–H groups in total. The highest BCUT2D eigenvalue weighted by atomic mass is 35.5. The zero-order valence-electron chi connectivity index (χ0n) is 11.0.